The molecule has 2 N–H and O–H groups in total. The Morgan fingerprint density at radius 2 is 1.88 bits per heavy atom. The average molecular weight is 346 g/mol. The predicted octanol–water partition coefficient (Wildman–Crippen LogP) is 2.59. The molecule has 1 fully saturated rings. The van der Waals surface area contributed by atoms with E-state index < -0.39 is 12.1 Å². The number of benzene rings is 1. The van der Waals surface area contributed by atoms with E-state index >= 15 is 0 Å². The zero-order valence-electron chi connectivity index (χ0n) is 15.5. The van der Waals surface area contributed by atoms with Gasteiger partial charge in [0.05, 0.1) is 12.6 Å². The van der Waals surface area contributed by atoms with Crippen LogP contribution in [0.2, 0.25) is 0 Å². The summed E-state index contributed by atoms with van der Waals surface area (Å²) in [6.45, 7) is 6.02. The number of aryl methyl sites for hydroxylation is 1. The van der Waals surface area contributed by atoms with Crippen LogP contribution in [0.1, 0.15) is 52.0 Å². The largest absolute Gasteiger partial charge is 0.465 e. The number of hydrogen-bond donors (Lipinski definition) is 2. The molecule has 1 amide bonds. The van der Waals surface area contributed by atoms with Gasteiger partial charge in [0.25, 0.3) is 0 Å². The van der Waals surface area contributed by atoms with Crippen LogP contribution < -0.4 is 10.6 Å². The van der Waals surface area contributed by atoms with Crippen LogP contribution in [0.25, 0.3) is 0 Å². The second-order valence-corrected chi connectivity index (χ2v) is 6.84. The Bertz CT molecular complexity index is 570. The zero-order chi connectivity index (χ0) is 18.3. The van der Waals surface area contributed by atoms with Gasteiger partial charge in [-0.2, -0.15) is 0 Å². The average Bonchev–Trinajstić information content (AvgIpc) is 3.39. The molecule has 0 spiro atoms. The molecule has 0 aliphatic heterocycles. The van der Waals surface area contributed by atoms with Crippen molar-refractivity contribution in [3.8, 4) is 0 Å². The lowest BCUT2D eigenvalue weighted by molar-refractivity contribution is -0.146. The molecule has 5 nitrogen and oxygen atoms in total. The van der Waals surface area contributed by atoms with Gasteiger partial charge in [-0.3, -0.25) is 14.9 Å². The van der Waals surface area contributed by atoms with Crippen LogP contribution in [0.15, 0.2) is 30.3 Å². The van der Waals surface area contributed by atoms with Crippen molar-refractivity contribution < 1.29 is 14.3 Å². The van der Waals surface area contributed by atoms with Gasteiger partial charge in [-0.1, -0.05) is 37.3 Å². The van der Waals surface area contributed by atoms with Crippen molar-refractivity contribution in [1.82, 2.24) is 10.6 Å². The maximum absolute atomic E-state index is 12.4. The van der Waals surface area contributed by atoms with E-state index in [1.54, 1.807) is 13.8 Å². The molecular formula is C20H30N2O3. The van der Waals surface area contributed by atoms with Crippen molar-refractivity contribution in [1.29, 1.82) is 0 Å². The molecule has 1 aromatic carbocycles. The predicted molar refractivity (Wildman–Crippen MR) is 98.2 cm³/mol. The van der Waals surface area contributed by atoms with E-state index in [4.69, 9.17) is 4.74 Å². The van der Waals surface area contributed by atoms with Gasteiger partial charge in [-0.15, -0.1) is 0 Å². The van der Waals surface area contributed by atoms with Crippen molar-refractivity contribution in [2.45, 2.75) is 70.5 Å². The Hall–Kier alpha value is -1.88. The number of esters is 1. The topological polar surface area (TPSA) is 67.4 Å². The summed E-state index contributed by atoms with van der Waals surface area (Å²) in [5, 5.41) is 6.27. The number of rotatable bonds is 10. The van der Waals surface area contributed by atoms with Crippen molar-refractivity contribution in [2.75, 3.05) is 6.61 Å². The van der Waals surface area contributed by atoms with Crippen molar-refractivity contribution >= 4 is 11.9 Å². The minimum absolute atomic E-state index is 0.0174. The van der Waals surface area contributed by atoms with Gasteiger partial charge in [0, 0.05) is 5.54 Å². The molecule has 0 saturated heterocycles. The molecule has 2 atom stereocenters. The summed E-state index contributed by atoms with van der Waals surface area (Å²) in [5.74, 6) is -0.344. The first-order chi connectivity index (χ1) is 12.0. The quantitative estimate of drug-likeness (QED) is 0.639. The van der Waals surface area contributed by atoms with Crippen LogP contribution in [0.4, 0.5) is 0 Å². The molecule has 138 valence electrons. The third-order valence-corrected chi connectivity index (χ3v) is 4.90. The van der Waals surface area contributed by atoms with E-state index in [-0.39, 0.29) is 17.4 Å². The van der Waals surface area contributed by atoms with Crippen molar-refractivity contribution in [3.63, 3.8) is 0 Å². The van der Waals surface area contributed by atoms with Gasteiger partial charge in [0.2, 0.25) is 5.91 Å². The van der Waals surface area contributed by atoms with Crippen LogP contribution in [-0.4, -0.2) is 36.1 Å². The number of nitrogens with one attached hydrogen (secondary N) is 2. The second kappa shape index (κ2) is 8.99. The van der Waals surface area contributed by atoms with Crippen molar-refractivity contribution in [2.24, 2.45) is 0 Å². The molecule has 2 rings (SSSR count). The SMILES string of the molecule is CCOC(=O)[C@H](CCc1ccccc1)N[C@@H](C)C(=O)NC1(CC)CC1. The number of ether oxygens (including phenoxy) is 1. The lowest BCUT2D eigenvalue weighted by atomic mass is 10.0. The normalized spacial score (nSPS) is 17.4. The fraction of sp³-hybridized carbons (Fsp3) is 0.600. The molecule has 0 radical (unpaired) electrons. The van der Waals surface area contributed by atoms with Gasteiger partial charge < -0.3 is 10.1 Å². The lowest BCUT2D eigenvalue weighted by Gasteiger charge is -2.24. The highest BCUT2D eigenvalue weighted by Crippen LogP contribution is 2.38. The van der Waals surface area contributed by atoms with E-state index in [2.05, 4.69) is 17.6 Å². The Kier molecular flexibility index (Phi) is 7.00. The first-order valence-electron chi connectivity index (χ1n) is 9.28. The third-order valence-electron chi connectivity index (χ3n) is 4.90. The van der Waals surface area contributed by atoms with E-state index in [9.17, 15) is 9.59 Å². The molecule has 1 aliphatic rings. The Balaban J connectivity index is 1.92. The first kappa shape index (κ1) is 19.4. The van der Waals surface area contributed by atoms with Crippen LogP contribution in [-0.2, 0) is 20.7 Å². The monoisotopic (exact) mass is 346 g/mol. The number of amides is 1. The van der Waals surface area contributed by atoms with E-state index in [0.29, 0.717) is 13.0 Å². The molecule has 25 heavy (non-hydrogen) atoms. The van der Waals surface area contributed by atoms with Crippen LogP contribution in [0, 0.1) is 0 Å². The molecule has 5 heteroatoms. The highest BCUT2D eigenvalue weighted by atomic mass is 16.5. The summed E-state index contributed by atoms with van der Waals surface area (Å²) >= 11 is 0. The van der Waals surface area contributed by atoms with Crippen LogP contribution in [0.5, 0.6) is 0 Å². The first-order valence-corrected chi connectivity index (χ1v) is 9.28. The molecule has 1 saturated carbocycles. The van der Waals surface area contributed by atoms with Gasteiger partial charge >= 0.3 is 5.97 Å². The molecule has 0 heterocycles. The summed E-state index contributed by atoms with van der Waals surface area (Å²) in [7, 11) is 0. The molecule has 1 aliphatic carbocycles. The molecular weight excluding hydrogens is 316 g/mol. The Labute approximate surface area is 150 Å². The summed E-state index contributed by atoms with van der Waals surface area (Å²) < 4.78 is 5.17. The Morgan fingerprint density at radius 3 is 2.44 bits per heavy atom. The zero-order valence-corrected chi connectivity index (χ0v) is 15.5. The molecule has 0 unspecified atom stereocenters. The summed E-state index contributed by atoms with van der Waals surface area (Å²) in [5.41, 5.74) is 1.15. The number of hydrogen-bond acceptors (Lipinski definition) is 4. The second-order valence-electron chi connectivity index (χ2n) is 6.84. The minimum Gasteiger partial charge on any atom is -0.465 e. The number of carbonyl (C=O) groups excluding carboxylic acids is 2. The van der Waals surface area contributed by atoms with Crippen LogP contribution in [0.3, 0.4) is 0 Å². The van der Waals surface area contributed by atoms with Crippen molar-refractivity contribution in [3.05, 3.63) is 35.9 Å². The highest BCUT2D eigenvalue weighted by Gasteiger charge is 2.42. The molecule has 0 aromatic heterocycles. The Morgan fingerprint density at radius 1 is 1.20 bits per heavy atom. The van der Waals surface area contributed by atoms with Gasteiger partial charge in [-0.05, 0) is 51.5 Å². The maximum atomic E-state index is 12.4. The van der Waals surface area contributed by atoms with Gasteiger partial charge in [0.1, 0.15) is 6.04 Å². The standard InChI is InChI=1S/C20H30N2O3/c1-4-20(13-14-20)22-18(23)15(3)21-17(19(24)25-5-2)12-11-16-9-7-6-8-10-16/h6-10,15,17,21H,4-5,11-14H2,1-3H3,(H,22,23)/t15-,17-/m0/s1. The lowest BCUT2D eigenvalue weighted by Crippen LogP contribution is -2.52. The summed E-state index contributed by atoms with van der Waals surface area (Å²) in [6, 6.07) is 9.09. The fourth-order valence-electron chi connectivity index (χ4n) is 2.93. The van der Waals surface area contributed by atoms with E-state index in [1.807, 2.05) is 30.3 Å². The van der Waals surface area contributed by atoms with Gasteiger partial charge in [-0.25, -0.2) is 0 Å². The molecule has 1 aromatic rings. The maximum Gasteiger partial charge on any atom is 0.323 e. The summed E-state index contributed by atoms with van der Waals surface area (Å²) in [6.07, 6.45) is 4.37. The van der Waals surface area contributed by atoms with E-state index in [0.717, 1.165) is 25.7 Å². The minimum atomic E-state index is -0.488. The third kappa shape index (κ3) is 5.85. The van der Waals surface area contributed by atoms with Gasteiger partial charge in [0.15, 0.2) is 0 Å². The summed E-state index contributed by atoms with van der Waals surface area (Å²) in [4.78, 5) is 24.7. The number of carbonyl (C=O) groups is 2. The highest BCUT2D eigenvalue weighted by molar-refractivity contribution is 5.84. The van der Waals surface area contributed by atoms with Crippen LogP contribution >= 0.6 is 0 Å². The van der Waals surface area contributed by atoms with E-state index in [1.165, 1.54) is 5.56 Å². The smallest absolute Gasteiger partial charge is 0.323 e. The molecule has 0 bridgehead atoms. The fourth-order valence-corrected chi connectivity index (χ4v) is 2.93.